The Morgan fingerprint density at radius 2 is 1.10 bits per heavy atom. The number of para-hydroxylation sites is 1. The summed E-state index contributed by atoms with van der Waals surface area (Å²) in [6, 6.07) is 61.1. The Kier molecular flexibility index (Phi) is 6.08. The molecule has 10 rings (SSSR count). The Morgan fingerprint density at radius 1 is 0.417 bits per heavy atom. The van der Waals surface area contributed by atoms with Crippen molar-refractivity contribution < 1.29 is 0 Å². The molecule has 0 saturated heterocycles. The fourth-order valence-corrected chi connectivity index (χ4v) is 8.71. The number of benzene rings is 7. The lowest BCUT2D eigenvalue weighted by Gasteiger charge is -2.11. The molecule has 0 spiro atoms. The molecule has 48 heavy (non-hydrogen) atoms. The molecule has 0 atom stereocenters. The summed E-state index contributed by atoms with van der Waals surface area (Å²) >= 11 is 1.89. The quantitative estimate of drug-likeness (QED) is 0.190. The minimum atomic E-state index is 0.978. The van der Waals surface area contributed by atoms with Crippen LogP contribution in [0.4, 0.5) is 0 Å². The molecule has 2 nitrogen and oxygen atoms in total. The first-order valence-corrected chi connectivity index (χ1v) is 17.1. The summed E-state index contributed by atoms with van der Waals surface area (Å²) in [6.07, 6.45) is 0. The van der Waals surface area contributed by atoms with Gasteiger partial charge < -0.3 is 4.57 Å². The molecule has 0 radical (unpaired) electrons. The highest BCUT2D eigenvalue weighted by atomic mass is 32.1. The molecule has 0 N–H and O–H groups in total. The van der Waals surface area contributed by atoms with Gasteiger partial charge >= 0.3 is 0 Å². The molecule has 3 heterocycles. The monoisotopic (exact) mass is 628 g/mol. The van der Waals surface area contributed by atoms with Crippen LogP contribution in [0.3, 0.4) is 0 Å². The SMILES string of the molecule is c1ccc(-c2cc(-c3ccccc3)nc(-c3cccc4c3sc3c4ccc4c3c3ccccc3n4-c3ccc4ccccc4c3)c2)cc1. The first-order chi connectivity index (χ1) is 23.8. The summed E-state index contributed by atoms with van der Waals surface area (Å²) in [4.78, 5) is 5.30. The third-order valence-corrected chi connectivity index (χ3v) is 10.8. The number of fused-ring (bicyclic) bond motifs is 8. The van der Waals surface area contributed by atoms with Gasteiger partial charge in [-0.25, -0.2) is 4.98 Å². The summed E-state index contributed by atoms with van der Waals surface area (Å²) in [6.45, 7) is 0. The molecule has 224 valence electrons. The fraction of sp³-hybridized carbons (Fsp3) is 0. The van der Waals surface area contributed by atoms with Crippen LogP contribution in [-0.2, 0) is 0 Å². The Bertz CT molecular complexity index is 2770. The maximum Gasteiger partial charge on any atom is 0.0730 e. The van der Waals surface area contributed by atoms with E-state index < -0.39 is 0 Å². The van der Waals surface area contributed by atoms with E-state index in [1.807, 2.05) is 11.3 Å². The van der Waals surface area contributed by atoms with Gasteiger partial charge in [-0.1, -0.05) is 133 Å². The Morgan fingerprint density at radius 3 is 1.96 bits per heavy atom. The zero-order chi connectivity index (χ0) is 31.6. The van der Waals surface area contributed by atoms with E-state index in [4.69, 9.17) is 4.98 Å². The Hall–Kier alpha value is -6.03. The number of hydrogen-bond acceptors (Lipinski definition) is 2. The van der Waals surface area contributed by atoms with Crippen LogP contribution in [0.25, 0.3) is 92.1 Å². The highest BCUT2D eigenvalue weighted by Gasteiger charge is 2.20. The molecule has 3 heteroatoms. The number of pyridine rings is 1. The van der Waals surface area contributed by atoms with Crippen LogP contribution in [0.15, 0.2) is 170 Å². The Labute approximate surface area is 281 Å². The third-order valence-electron chi connectivity index (χ3n) is 9.57. The third kappa shape index (κ3) is 4.22. The first-order valence-electron chi connectivity index (χ1n) is 16.3. The molecule has 0 fully saturated rings. The summed E-state index contributed by atoms with van der Waals surface area (Å²) in [5, 5.41) is 7.63. The van der Waals surface area contributed by atoms with Gasteiger partial charge in [0.05, 0.1) is 22.4 Å². The van der Waals surface area contributed by atoms with Crippen LogP contribution in [0.5, 0.6) is 0 Å². The van der Waals surface area contributed by atoms with Crippen molar-refractivity contribution in [2.24, 2.45) is 0 Å². The van der Waals surface area contributed by atoms with Crippen LogP contribution in [0, 0.1) is 0 Å². The predicted octanol–water partition coefficient (Wildman–Crippen LogP) is 12.7. The van der Waals surface area contributed by atoms with E-state index in [0.717, 1.165) is 22.5 Å². The van der Waals surface area contributed by atoms with Crippen molar-refractivity contribution in [1.29, 1.82) is 0 Å². The molecule has 0 aliphatic heterocycles. The van der Waals surface area contributed by atoms with Crippen molar-refractivity contribution in [2.75, 3.05) is 0 Å². The van der Waals surface area contributed by atoms with Crippen LogP contribution in [0.1, 0.15) is 0 Å². The van der Waals surface area contributed by atoms with Gasteiger partial charge in [0.15, 0.2) is 0 Å². The topological polar surface area (TPSA) is 17.8 Å². The second kappa shape index (κ2) is 10.8. The lowest BCUT2D eigenvalue weighted by atomic mass is 9.99. The van der Waals surface area contributed by atoms with Crippen molar-refractivity contribution in [1.82, 2.24) is 9.55 Å². The smallest absolute Gasteiger partial charge is 0.0730 e. The van der Waals surface area contributed by atoms with E-state index in [-0.39, 0.29) is 0 Å². The van der Waals surface area contributed by atoms with Gasteiger partial charge in [0.2, 0.25) is 0 Å². The lowest BCUT2D eigenvalue weighted by molar-refractivity contribution is 1.19. The highest BCUT2D eigenvalue weighted by Crippen LogP contribution is 2.46. The Balaban J connectivity index is 1.24. The first kappa shape index (κ1) is 27.1. The van der Waals surface area contributed by atoms with E-state index in [0.29, 0.717) is 0 Å². The number of aromatic nitrogens is 2. The molecule has 0 saturated carbocycles. The van der Waals surface area contributed by atoms with Crippen LogP contribution in [0.2, 0.25) is 0 Å². The second-order valence-corrected chi connectivity index (χ2v) is 13.4. The van der Waals surface area contributed by atoms with E-state index in [2.05, 4.69) is 174 Å². The van der Waals surface area contributed by atoms with Gasteiger partial charge in [-0.2, -0.15) is 0 Å². The zero-order valence-corrected chi connectivity index (χ0v) is 26.8. The number of hydrogen-bond donors (Lipinski definition) is 0. The number of nitrogens with zero attached hydrogens (tertiary/aromatic N) is 2. The number of rotatable bonds is 4. The molecule has 0 amide bonds. The van der Waals surface area contributed by atoms with Crippen LogP contribution in [-0.4, -0.2) is 9.55 Å². The van der Waals surface area contributed by atoms with Crippen molar-refractivity contribution in [2.45, 2.75) is 0 Å². The van der Waals surface area contributed by atoms with Crippen molar-refractivity contribution in [3.63, 3.8) is 0 Å². The van der Waals surface area contributed by atoms with E-state index in [1.165, 1.54) is 69.6 Å². The molecule has 0 bridgehead atoms. The maximum absolute atomic E-state index is 5.30. The predicted molar refractivity (Wildman–Crippen MR) is 205 cm³/mol. The number of thiophene rings is 1. The minimum Gasteiger partial charge on any atom is -0.309 e. The normalized spacial score (nSPS) is 11.8. The molecule has 10 aromatic rings. The van der Waals surface area contributed by atoms with Crippen molar-refractivity contribution in [3.05, 3.63) is 170 Å². The fourth-order valence-electron chi connectivity index (χ4n) is 7.33. The molecule has 3 aromatic heterocycles. The standard InChI is InChI=1S/C45H28N2S/c1-3-12-29(13-4-1)33-27-39(31-15-5-2-6-16-31)46-40(28-33)37-20-11-19-35-36-24-25-42-43(45(36)48-44(35)37)38-18-9-10-21-41(38)47(42)34-23-22-30-14-7-8-17-32(30)26-34/h1-28H. The van der Waals surface area contributed by atoms with Gasteiger partial charge in [-0.15, -0.1) is 11.3 Å². The largest absolute Gasteiger partial charge is 0.309 e. The maximum atomic E-state index is 5.30. The zero-order valence-electron chi connectivity index (χ0n) is 26.0. The minimum absolute atomic E-state index is 0.978. The van der Waals surface area contributed by atoms with Gasteiger partial charge in [-0.05, 0) is 58.3 Å². The lowest BCUT2D eigenvalue weighted by Crippen LogP contribution is -1.93. The second-order valence-electron chi connectivity index (χ2n) is 12.4. The molecule has 0 unspecified atom stereocenters. The summed E-state index contributed by atoms with van der Waals surface area (Å²) in [5.41, 5.74) is 10.2. The van der Waals surface area contributed by atoms with Gasteiger partial charge in [0.1, 0.15) is 0 Å². The van der Waals surface area contributed by atoms with E-state index in [1.54, 1.807) is 0 Å². The molecule has 0 aliphatic carbocycles. The molecular formula is C45H28N2S. The van der Waals surface area contributed by atoms with Gasteiger partial charge in [-0.3, -0.25) is 0 Å². The average molecular weight is 629 g/mol. The molecule has 0 aliphatic rings. The summed E-state index contributed by atoms with van der Waals surface area (Å²) in [7, 11) is 0. The van der Waals surface area contributed by atoms with Crippen LogP contribution < -0.4 is 0 Å². The van der Waals surface area contributed by atoms with E-state index in [9.17, 15) is 0 Å². The van der Waals surface area contributed by atoms with Gasteiger partial charge in [0.25, 0.3) is 0 Å². The van der Waals surface area contributed by atoms with Crippen molar-refractivity contribution in [3.8, 4) is 39.3 Å². The van der Waals surface area contributed by atoms with Crippen LogP contribution >= 0.6 is 11.3 Å². The van der Waals surface area contributed by atoms with E-state index >= 15 is 0 Å². The highest BCUT2D eigenvalue weighted by molar-refractivity contribution is 7.27. The molecular weight excluding hydrogens is 601 g/mol. The average Bonchev–Trinajstić information content (AvgIpc) is 3.71. The van der Waals surface area contributed by atoms with Crippen molar-refractivity contribution >= 4 is 64.1 Å². The molecule has 7 aromatic carbocycles. The van der Waals surface area contributed by atoms with Gasteiger partial charge in [0, 0.05) is 47.8 Å². The summed E-state index contributed by atoms with van der Waals surface area (Å²) < 4.78 is 5.01. The summed E-state index contributed by atoms with van der Waals surface area (Å²) in [5.74, 6) is 0.